The quantitative estimate of drug-likeness (QED) is 0.855. The average Bonchev–Trinajstić information content (AvgIpc) is 3.16. The minimum Gasteiger partial charge on any atom is -0.507 e. The summed E-state index contributed by atoms with van der Waals surface area (Å²) in [6.45, 7) is 0. The van der Waals surface area contributed by atoms with Crippen LogP contribution in [0.2, 0.25) is 0 Å². The molecule has 3 heteroatoms. The van der Waals surface area contributed by atoms with E-state index in [1.165, 1.54) is 18.2 Å². The topological polar surface area (TPSA) is 33.1 Å². The first-order chi connectivity index (χ1) is 8.25. The van der Waals surface area contributed by atoms with Gasteiger partial charge in [-0.2, -0.15) is 0 Å². The van der Waals surface area contributed by atoms with Gasteiger partial charge in [0.25, 0.3) is 0 Å². The summed E-state index contributed by atoms with van der Waals surface area (Å²) < 4.78 is 13.2. The number of phenols is 1. The Bertz CT molecular complexity index is 564. The van der Waals surface area contributed by atoms with Crippen LogP contribution in [0.5, 0.6) is 5.75 Å². The van der Waals surface area contributed by atoms with Crippen LogP contribution in [0, 0.1) is 5.82 Å². The predicted molar refractivity (Wildman–Crippen MR) is 63.3 cm³/mol. The SMILES string of the molecule is Oc1ccc(F)cc1-c1cccnc1C1CC1. The minimum atomic E-state index is -0.344. The van der Waals surface area contributed by atoms with Crippen LogP contribution in [0.1, 0.15) is 24.5 Å². The summed E-state index contributed by atoms with van der Waals surface area (Å²) in [5.74, 6) is 0.221. The van der Waals surface area contributed by atoms with E-state index in [1.54, 1.807) is 6.20 Å². The van der Waals surface area contributed by atoms with Gasteiger partial charge in [-0.25, -0.2) is 4.39 Å². The Morgan fingerprint density at radius 2 is 2.00 bits per heavy atom. The Kier molecular flexibility index (Phi) is 2.32. The largest absolute Gasteiger partial charge is 0.507 e. The van der Waals surface area contributed by atoms with Gasteiger partial charge in [-0.05, 0) is 37.1 Å². The molecule has 3 rings (SSSR count). The smallest absolute Gasteiger partial charge is 0.124 e. The lowest BCUT2D eigenvalue weighted by molar-refractivity contribution is 0.475. The predicted octanol–water partition coefficient (Wildman–Crippen LogP) is 3.47. The van der Waals surface area contributed by atoms with Crippen molar-refractivity contribution in [2.24, 2.45) is 0 Å². The third kappa shape index (κ3) is 1.88. The molecule has 1 aliphatic rings. The first kappa shape index (κ1) is 10.3. The maximum atomic E-state index is 13.2. The van der Waals surface area contributed by atoms with Gasteiger partial charge in [0.05, 0.1) is 5.69 Å². The van der Waals surface area contributed by atoms with Crippen molar-refractivity contribution in [2.45, 2.75) is 18.8 Å². The van der Waals surface area contributed by atoms with Gasteiger partial charge in [-0.15, -0.1) is 0 Å². The second-order valence-electron chi connectivity index (χ2n) is 4.37. The zero-order valence-corrected chi connectivity index (χ0v) is 9.23. The Morgan fingerprint density at radius 3 is 2.76 bits per heavy atom. The molecule has 0 spiro atoms. The first-order valence-electron chi connectivity index (χ1n) is 5.69. The number of aromatic nitrogens is 1. The van der Waals surface area contributed by atoms with E-state index >= 15 is 0 Å². The van der Waals surface area contributed by atoms with E-state index in [4.69, 9.17) is 0 Å². The van der Waals surface area contributed by atoms with E-state index in [-0.39, 0.29) is 11.6 Å². The number of pyridine rings is 1. The molecular weight excluding hydrogens is 217 g/mol. The molecule has 0 atom stereocenters. The number of aromatic hydroxyl groups is 1. The molecule has 1 N–H and O–H groups in total. The van der Waals surface area contributed by atoms with E-state index in [2.05, 4.69) is 4.98 Å². The van der Waals surface area contributed by atoms with Gasteiger partial charge in [-0.3, -0.25) is 4.98 Å². The maximum absolute atomic E-state index is 13.2. The standard InChI is InChI=1S/C14H12FNO/c15-10-5-6-13(17)12(8-10)11-2-1-7-16-14(11)9-3-4-9/h1-2,5-9,17H,3-4H2. The van der Waals surface area contributed by atoms with E-state index in [1.807, 2.05) is 12.1 Å². The van der Waals surface area contributed by atoms with Crippen molar-refractivity contribution in [2.75, 3.05) is 0 Å². The zero-order chi connectivity index (χ0) is 11.8. The molecule has 2 aromatic rings. The molecule has 1 aromatic heterocycles. The van der Waals surface area contributed by atoms with E-state index in [9.17, 15) is 9.50 Å². The number of halogens is 1. The zero-order valence-electron chi connectivity index (χ0n) is 9.23. The molecule has 1 fully saturated rings. The molecule has 1 saturated carbocycles. The van der Waals surface area contributed by atoms with Crippen molar-refractivity contribution >= 4 is 0 Å². The third-order valence-electron chi connectivity index (χ3n) is 3.05. The molecule has 1 heterocycles. The number of nitrogens with zero attached hydrogens (tertiary/aromatic N) is 1. The van der Waals surface area contributed by atoms with Gasteiger partial charge >= 0.3 is 0 Å². The monoisotopic (exact) mass is 229 g/mol. The Balaban J connectivity index is 2.17. The lowest BCUT2D eigenvalue weighted by Gasteiger charge is -2.09. The molecule has 86 valence electrons. The van der Waals surface area contributed by atoms with Crippen LogP contribution >= 0.6 is 0 Å². The summed E-state index contributed by atoms with van der Waals surface area (Å²) in [6, 6.07) is 7.69. The Morgan fingerprint density at radius 1 is 1.18 bits per heavy atom. The highest BCUT2D eigenvalue weighted by atomic mass is 19.1. The number of hydrogen-bond acceptors (Lipinski definition) is 2. The van der Waals surface area contributed by atoms with Crippen LogP contribution in [0.15, 0.2) is 36.5 Å². The van der Waals surface area contributed by atoms with Crippen LogP contribution in [-0.2, 0) is 0 Å². The molecule has 1 aromatic carbocycles. The molecule has 0 saturated heterocycles. The highest BCUT2D eigenvalue weighted by Crippen LogP contribution is 2.44. The van der Waals surface area contributed by atoms with Gasteiger partial charge in [0.2, 0.25) is 0 Å². The van der Waals surface area contributed by atoms with Gasteiger partial charge in [0, 0.05) is 23.2 Å². The summed E-state index contributed by atoms with van der Waals surface area (Å²) in [5, 5.41) is 9.82. The summed E-state index contributed by atoms with van der Waals surface area (Å²) in [4.78, 5) is 4.35. The Hall–Kier alpha value is -1.90. The maximum Gasteiger partial charge on any atom is 0.124 e. The Labute approximate surface area is 98.8 Å². The van der Waals surface area contributed by atoms with Crippen LogP contribution in [0.25, 0.3) is 11.1 Å². The summed E-state index contributed by atoms with van der Waals surface area (Å²) in [7, 11) is 0. The molecule has 2 nitrogen and oxygen atoms in total. The van der Waals surface area contributed by atoms with Crippen molar-refractivity contribution in [1.82, 2.24) is 4.98 Å². The fourth-order valence-electron chi connectivity index (χ4n) is 2.05. The second-order valence-corrected chi connectivity index (χ2v) is 4.37. The molecule has 1 aliphatic carbocycles. The molecule has 0 amide bonds. The van der Waals surface area contributed by atoms with Gasteiger partial charge in [0.1, 0.15) is 11.6 Å². The fourth-order valence-corrected chi connectivity index (χ4v) is 2.05. The highest BCUT2D eigenvalue weighted by molar-refractivity contribution is 5.72. The molecule has 0 radical (unpaired) electrons. The van der Waals surface area contributed by atoms with Gasteiger partial charge in [-0.1, -0.05) is 6.07 Å². The van der Waals surface area contributed by atoms with E-state index < -0.39 is 0 Å². The van der Waals surface area contributed by atoms with E-state index in [0.717, 1.165) is 24.1 Å². The normalized spacial score (nSPS) is 14.9. The van der Waals surface area contributed by atoms with Crippen molar-refractivity contribution in [1.29, 1.82) is 0 Å². The van der Waals surface area contributed by atoms with E-state index in [0.29, 0.717) is 11.5 Å². The van der Waals surface area contributed by atoms with Gasteiger partial charge < -0.3 is 5.11 Å². The van der Waals surface area contributed by atoms with Crippen molar-refractivity contribution in [3.8, 4) is 16.9 Å². The number of rotatable bonds is 2. The number of hydrogen-bond donors (Lipinski definition) is 1. The molecule has 0 unspecified atom stereocenters. The van der Waals surface area contributed by atoms with Crippen molar-refractivity contribution in [3.63, 3.8) is 0 Å². The number of phenolic OH excluding ortho intramolecular Hbond substituents is 1. The highest BCUT2D eigenvalue weighted by Gasteiger charge is 2.28. The summed E-state index contributed by atoms with van der Waals surface area (Å²) >= 11 is 0. The second kappa shape index (κ2) is 3.84. The van der Waals surface area contributed by atoms with Gasteiger partial charge in [0.15, 0.2) is 0 Å². The fraction of sp³-hybridized carbons (Fsp3) is 0.214. The van der Waals surface area contributed by atoms with Crippen LogP contribution in [0.3, 0.4) is 0 Å². The summed E-state index contributed by atoms with van der Waals surface area (Å²) in [5.41, 5.74) is 2.33. The average molecular weight is 229 g/mol. The molecule has 0 aliphatic heterocycles. The molecule has 17 heavy (non-hydrogen) atoms. The molecule has 0 bridgehead atoms. The van der Waals surface area contributed by atoms with Crippen LogP contribution < -0.4 is 0 Å². The third-order valence-corrected chi connectivity index (χ3v) is 3.05. The first-order valence-corrected chi connectivity index (χ1v) is 5.69. The minimum absolute atomic E-state index is 0.0984. The lowest BCUT2D eigenvalue weighted by Crippen LogP contribution is -1.92. The van der Waals surface area contributed by atoms with Crippen molar-refractivity contribution in [3.05, 3.63) is 48.0 Å². The van der Waals surface area contributed by atoms with Crippen LogP contribution in [-0.4, -0.2) is 10.1 Å². The lowest BCUT2D eigenvalue weighted by atomic mass is 10.0. The van der Waals surface area contributed by atoms with Crippen LogP contribution in [0.4, 0.5) is 4.39 Å². The van der Waals surface area contributed by atoms with Crippen molar-refractivity contribution < 1.29 is 9.50 Å². The number of benzene rings is 1. The summed E-state index contributed by atoms with van der Waals surface area (Å²) in [6.07, 6.45) is 3.99. The molecular formula is C14H12FNO.